The Bertz CT molecular complexity index is 537. The Hall–Kier alpha value is -2.03. The number of aromatic nitrogens is 1. The van der Waals surface area contributed by atoms with Gasteiger partial charge in [0.15, 0.2) is 0 Å². The van der Waals surface area contributed by atoms with E-state index in [9.17, 15) is 0 Å². The van der Waals surface area contributed by atoms with Gasteiger partial charge in [-0.15, -0.1) is 0 Å². The first-order valence-electron chi connectivity index (χ1n) is 7.77. The van der Waals surface area contributed by atoms with Crippen LogP contribution < -0.4 is 10.1 Å². The molecule has 0 unspecified atom stereocenters. The Balaban J connectivity index is 1.97. The van der Waals surface area contributed by atoms with Crippen LogP contribution >= 0.6 is 0 Å². The third kappa shape index (κ3) is 5.10. The van der Waals surface area contributed by atoms with E-state index in [1.54, 1.807) is 6.20 Å². The molecule has 1 heterocycles. The van der Waals surface area contributed by atoms with Gasteiger partial charge in [-0.1, -0.05) is 32.4 Å². The number of anilines is 1. The van der Waals surface area contributed by atoms with Crippen LogP contribution in [-0.2, 0) is 6.42 Å². The number of hydrogen-bond donors (Lipinski definition) is 1. The zero-order valence-electron chi connectivity index (χ0n) is 12.9. The fraction of sp³-hybridized carbons (Fsp3) is 0.389. The van der Waals surface area contributed by atoms with Crippen molar-refractivity contribution in [2.24, 2.45) is 0 Å². The molecule has 0 bridgehead atoms. The van der Waals surface area contributed by atoms with Crippen molar-refractivity contribution in [2.75, 3.05) is 11.9 Å². The second kappa shape index (κ2) is 8.30. The molecule has 2 rings (SSSR count). The average Bonchev–Trinajstić information content (AvgIpc) is 2.53. The summed E-state index contributed by atoms with van der Waals surface area (Å²) in [6.07, 6.45) is 8.23. The molecule has 0 spiro atoms. The monoisotopic (exact) mass is 284 g/mol. The fourth-order valence-corrected chi connectivity index (χ4v) is 2.08. The maximum absolute atomic E-state index is 5.86. The van der Waals surface area contributed by atoms with Crippen molar-refractivity contribution in [1.82, 2.24) is 4.98 Å². The minimum Gasteiger partial charge on any atom is -0.456 e. The molecule has 0 saturated carbocycles. The van der Waals surface area contributed by atoms with E-state index in [0.717, 1.165) is 36.6 Å². The minimum absolute atomic E-state index is 0.761. The minimum atomic E-state index is 0.761. The fourth-order valence-electron chi connectivity index (χ4n) is 2.08. The van der Waals surface area contributed by atoms with Gasteiger partial charge in [0, 0.05) is 12.6 Å². The van der Waals surface area contributed by atoms with E-state index in [1.165, 1.54) is 18.4 Å². The second-order valence-corrected chi connectivity index (χ2v) is 5.19. The lowest BCUT2D eigenvalue weighted by Crippen LogP contribution is -2.00. The lowest BCUT2D eigenvalue weighted by atomic mass is 10.1. The second-order valence-electron chi connectivity index (χ2n) is 5.19. The Morgan fingerprint density at radius 2 is 1.81 bits per heavy atom. The Kier molecular flexibility index (Phi) is 6.07. The molecule has 0 saturated heterocycles. The third-order valence-electron chi connectivity index (χ3n) is 3.27. The van der Waals surface area contributed by atoms with E-state index in [1.807, 2.05) is 24.4 Å². The average molecular weight is 284 g/mol. The summed E-state index contributed by atoms with van der Waals surface area (Å²) < 4.78 is 5.86. The molecule has 112 valence electrons. The molecule has 3 nitrogen and oxygen atoms in total. The number of benzene rings is 1. The summed E-state index contributed by atoms with van der Waals surface area (Å²) in [7, 11) is 0. The highest BCUT2D eigenvalue weighted by Crippen LogP contribution is 2.23. The molecule has 21 heavy (non-hydrogen) atoms. The van der Waals surface area contributed by atoms with Gasteiger partial charge in [-0.3, -0.25) is 4.98 Å². The van der Waals surface area contributed by atoms with Gasteiger partial charge < -0.3 is 10.1 Å². The summed E-state index contributed by atoms with van der Waals surface area (Å²) >= 11 is 0. The molecule has 0 fully saturated rings. The first-order chi connectivity index (χ1) is 10.3. The van der Waals surface area contributed by atoms with Gasteiger partial charge in [0.25, 0.3) is 0 Å². The molecule has 0 amide bonds. The number of unbranched alkanes of at least 4 members (excludes halogenated alkanes) is 1. The van der Waals surface area contributed by atoms with Crippen LogP contribution in [0, 0.1) is 0 Å². The molecule has 0 aliphatic heterocycles. The van der Waals surface area contributed by atoms with Crippen LogP contribution in [0.1, 0.15) is 38.7 Å². The molecule has 1 aromatic heterocycles. The van der Waals surface area contributed by atoms with E-state index >= 15 is 0 Å². The predicted octanol–water partition coefficient (Wildman–Crippen LogP) is 5.04. The molecular formula is C18H24N2O. The van der Waals surface area contributed by atoms with Crippen molar-refractivity contribution in [1.29, 1.82) is 0 Å². The van der Waals surface area contributed by atoms with Gasteiger partial charge >= 0.3 is 0 Å². The van der Waals surface area contributed by atoms with Crippen LogP contribution in [0.25, 0.3) is 0 Å². The zero-order chi connectivity index (χ0) is 14.9. The molecule has 2 aromatic rings. The number of rotatable bonds is 8. The topological polar surface area (TPSA) is 34.1 Å². The normalized spacial score (nSPS) is 10.4. The number of nitrogens with one attached hydrogen (secondary N) is 1. The Morgan fingerprint density at radius 1 is 1.00 bits per heavy atom. The highest BCUT2D eigenvalue weighted by molar-refractivity contribution is 5.46. The summed E-state index contributed by atoms with van der Waals surface area (Å²) in [4.78, 5) is 4.20. The van der Waals surface area contributed by atoms with Crippen LogP contribution in [-0.4, -0.2) is 11.5 Å². The van der Waals surface area contributed by atoms with Crippen LogP contribution in [0.5, 0.6) is 11.5 Å². The highest BCUT2D eigenvalue weighted by Gasteiger charge is 2.00. The largest absolute Gasteiger partial charge is 0.456 e. The van der Waals surface area contributed by atoms with E-state index in [0.29, 0.717) is 0 Å². The van der Waals surface area contributed by atoms with Crippen molar-refractivity contribution in [3.05, 3.63) is 48.3 Å². The van der Waals surface area contributed by atoms with Crippen molar-refractivity contribution in [3.8, 4) is 11.5 Å². The lowest BCUT2D eigenvalue weighted by molar-refractivity contribution is 0.480. The zero-order valence-corrected chi connectivity index (χ0v) is 12.9. The Morgan fingerprint density at radius 3 is 2.52 bits per heavy atom. The SMILES string of the molecule is CCCCc1ccc(Oc2cncc(NCCC)c2)cc1. The van der Waals surface area contributed by atoms with E-state index < -0.39 is 0 Å². The molecular weight excluding hydrogens is 260 g/mol. The third-order valence-corrected chi connectivity index (χ3v) is 3.27. The van der Waals surface area contributed by atoms with Crippen molar-refractivity contribution >= 4 is 5.69 Å². The number of nitrogens with zero attached hydrogens (tertiary/aromatic N) is 1. The van der Waals surface area contributed by atoms with Gasteiger partial charge in [0.05, 0.1) is 18.1 Å². The maximum atomic E-state index is 5.86. The van der Waals surface area contributed by atoms with Gasteiger partial charge in [-0.05, 0) is 37.0 Å². The van der Waals surface area contributed by atoms with Gasteiger partial charge in [0.2, 0.25) is 0 Å². The van der Waals surface area contributed by atoms with Gasteiger partial charge in [0.1, 0.15) is 11.5 Å². The molecule has 1 N–H and O–H groups in total. The molecule has 3 heteroatoms. The maximum Gasteiger partial charge on any atom is 0.147 e. The predicted molar refractivity (Wildman–Crippen MR) is 88.1 cm³/mol. The van der Waals surface area contributed by atoms with Crippen LogP contribution in [0.4, 0.5) is 5.69 Å². The molecule has 0 radical (unpaired) electrons. The van der Waals surface area contributed by atoms with Crippen molar-refractivity contribution in [3.63, 3.8) is 0 Å². The van der Waals surface area contributed by atoms with Gasteiger partial charge in [-0.2, -0.15) is 0 Å². The van der Waals surface area contributed by atoms with Crippen LogP contribution in [0.2, 0.25) is 0 Å². The quantitative estimate of drug-likeness (QED) is 0.737. The summed E-state index contributed by atoms with van der Waals surface area (Å²) in [5, 5.41) is 3.31. The van der Waals surface area contributed by atoms with Gasteiger partial charge in [-0.25, -0.2) is 0 Å². The smallest absolute Gasteiger partial charge is 0.147 e. The van der Waals surface area contributed by atoms with E-state index in [2.05, 4.69) is 36.3 Å². The summed E-state index contributed by atoms with van der Waals surface area (Å²) in [5.74, 6) is 1.61. The summed E-state index contributed by atoms with van der Waals surface area (Å²) in [5.41, 5.74) is 2.36. The molecule has 0 aliphatic rings. The first-order valence-corrected chi connectivity index (χ1v) is 7.77. The Labute approximate surface area is 127 Å². The van der Waals surface area contributed by atoms with Crippen molar-refractivity contribution < 1.29 is 4.74 Å². The van der Waals surface area contributed by atoms with E-state index in [4.69, 9.17) is 4.74 Å². The summed E-state index contributed by atoms with van der Waals surface area (Å²) in [6, 6.07) is 10.3. The number of ether oxygens (including phenoxy) is 1. The van der Waals surface area contributed by atoms with Crippen molar-refractivity contribution in [2.45, 2.75) is 39.5 Å². The first kappa shape index (κ1) is 15.4. The number of hydrogen-bond acceptors (Lipinski definition) is 3. The van der Waals surface area contributed by atoms with Crippen LogP contribution in [0.15, 0.2) is 42.7 Å². The lowest BCUT2D eigenvalue weighted by Gasteiger charge is -2.09. The molecule has 1 aromatic carbocycles. The molecule has 0 atom stereocenters. The van der Waals surface area contributed by atoms with E-state index in [-0.39, 0.29) is 0 Å². The molecule has 0 aliphatic carbocycles. The standard InChI is InChI=1S/C18H24N2O/c1-3-5-6-15-7-9-17(10-8-15)21-18-12-16(13-19-14-18)20-11-4-2/h7-10,12-14,20H,3-6,11H2,1-2H3. The number of aryl methyl sites for hydroxylation is 1. The highest BCUT2D eigenvalue weighted by atomic mass is 16.5. The van der Waals surface area contributed by atoms with Crippen LogP contribution in [0.3, 0.4) is 0 Å². The number of pyridine rings is 1. The summed E-state index contributed by atoms with van der Waals surface area (Å²) in [6.45, 7) is 5.29.